The first-order chi connectivity index (χ1) is 6.34. The molecule has 15 heavy (non-hydrogen) atoms. The Hall–Kier alpha value is -0.890. The lowest BCUT2D eigenvalue weighted by Crippen LogP contribution is -2.34. The maximum absolute atomic E-state index is 12.0. The Morgan fingerprint density at radius 2 is 1.13 bits per heavy atom. The highest BCUT2D eigenvalue weighted by molar-refractivity contribution is 5.44. The lowest BCUT2D eigenvalue weighted by atomic mass is 10.3. The molecule has 9 heteroatoms. The molecule has 0 aromatic rings. The number of alkyl halides is 9. The normalized spacial score (nSPS) is 23.9. The Morgan fingerprint density at radius 1 is 0.800 bits per heavy atom. The summed E-state index contributed by atoms with van der Waals surface area (Å²) in [5.41, 5.74) is -2.63. The third-order valence-electron chi connectivity index (χ3n) is 1.60. The Bertz CT molecular complexity index is 291. The SMILES string of the molecule is FC(F)(F)C(F)(F)[C]=C1C(F)(F)C1(F)F. The second-order valence-corrected chi connectivity index (χ2v) is 2.72. The van der Waals surface area contributed by atoms with Crippen LogP contribution in [0, 0.1) is 6.08 Å². The van der Waals surface area contributed by atoms with E-state index in [9.17, 15) is 39.5 Å². The van der Waals surface area contributed by atoms with Crippen molar-refractivity contribution < 1.29 is 39.5 Å². The van der Waals surface area contributed by atoms with Crippen LogP contribution in [0.5, 0.6) is 0 Å². The van der Waals surface area contributed by atoms with Crippen molar-refractivity contribution in [3.05, 3.63) is 11.6 Å². The largest absolute Gasteiger partial charge is 0.458 e. The zero-order valence-corrected chi connectivity index (χ0v) is 6.40. The Labute approximate surface area is 76.4 Å². The lowest BCUT2D eigenvalue weighted by Gasteiger charge is -2.14. The van der Waals surface area contributed by atoms with Gasteiger partial charge in [0, 0.05) is 0 Å². The molecule has 0 unspecified atom stereocenters. The molecule has 0 spiro atoms. The molecule has 1 fully saturated rings. The highest BCUT2D eigenvalue weighted by Crippen LogP contribution is 2.63. The maximum Gasteiger partial charge on any atom is 0.458 e. The fourth-order valence-electron chi connectivity index (χ4n) is 0.677. The predicted molar refractivity (Wildman–Crippen MR) is 27.7 cm³/mol. The van der Waals surface area contributed by atoms with E-state index in [4.69, 9.17) is 0 Å². The van der Waals surface area contributed by atoms with Gasteiger partial charge in [0.25, 0.3) is 0 Å². The van der Waals surface area contributed by atoms with E-state index in [-0.39, 0.29) is 6.08 Å². The molecule has 0 aliphatic heterocycles. The zero-order valence-electron chi connectivity index (χ0n) is 6.40. The van der Waals surface area contributed by atoms with Gasteiger partial charge in [-0.15, -0.1) is 0 Å². The highest BCUT2D eigenvalue weighted by Gasteiger charge is 2.83. The molecule has 0 aromatic carbocycles. The molecule has 0 bridgehead atoms. The van der Waals surface area contributed by atoms with Crippen LogP contribution in [-0.2, 0) is 0 Å². The molecule has 1 aliphatic rings. The first kappa shape index (κ1) is 12.2. The van der Waals surface area contributed by atoms with E-state index in [0.29, 0.717) is 0 Å². The van der Waals surface area contributed by atoms with Crippen LogP contribution in [-0.4, -0.2) is 23.9 Å². The summed E-state index contributed by atoms with van der Waals surface area (Å²) in [6.07, 6.45) is -6.42. The molecule has 0 atom stereocenters. The van der Waals surface area contributed by atoms with E-state index in [0.717, 1.165) is 0 Å². The van der Waals surface area contributed by atoms with Gasteiger partial charge in [0.1, 0.15) is 0 Å². The summed E-state index contributed by atoms with van der Waals surface area (Å²) in [5, 5.41) is 0. The van der Waals surface area contributed by atoms with Crippen LogP contribution in [0.4, 0.5) is 39.5 Å². The van der Waals surface area contributed by atoms with Crippen LogP contribution in [0.15, 0.2) is 5.57 Å². The van der Waals surface area contributed by atoms with Crippen molar-refractivity contribution in [3.63, 3.8) is 0 Å². The predicted octanol–water partition coefficient (Wildman–Crippen LogP) is 3.20. The van der Waals surface area contributed by atoms with Crippen LogP contribution < -0.4 is 0 Å². The van der Waals surface area contributed by atoms with Gasteiger partial charge in [0.2, 0.25) is 0 Å². The summed E-state index contributed by atoms with van der Waals surface area (Å²) in [5.74, 6) is -15.8. The average Bonchev–Trinajstić information content (AvgIpc) is 2.29. The van der Waals surface area contributed by atoms with Crippen molar-refractivity contribution >= 4 is 0 Å². The molecule has 1 saturated carbocycles. The molecule has 0 N–H and O–H groups in total. The Kier molecular flexibility index (Phi) is 2.12. The quantitative estimate of drug-likeness (QED) is 0.620. The van der Waals surface area contributed by atoms with Crippen molar-refractivity contribution in [1.82, 2.24) is 0 Å². The average molecular weight is 243 g/mol. The van der Waals surface area contributed by atoms with Gasteiger partial charge in [-0.05, 0) is 0 Å². The minimum Gasteiger partial charge on any atom is -0.194 e. The van der Waals surface area contributed by atoms with Crippen LogP contribution >= 0.6 is 0 Å². The van der Waals surface area contributed by atoms with Crippen LogP contribution in [0.3, 0.4) is 0 Å². The second-order valence-electron chi connectivity index (χ2n) is 2.72. The monoisotopic (exact) mass is 243 g/mol. The summed E-state index contributed by atoms with van der Waals surface area (Å²) in [6, 6.07) is 0. The fraction of sp³-hybridized carbons (Fsp3) is 0.667. The number of halogens is 9. The first-order valence-corrected chi connectivity index (χ1v) is 3.20. The van der Waals surface area contributed by atoms with E-state index >= 15 is 0 Å². The van der Waals surface area contributed by atoms with Crippen molar-refractivity contribution in [2.24, 2.45) is 0 Å². The van der Waals surface area contributed by atoms with Gasteiger partial charge in [-0.25, -0.2) is 0 Å². The van der Waals surface area contributed by atoms with E-state index in [1.54, 1.807) is 0 Å². The van der Waals surface area contributed by atoms with Gasteiger partial charge in [-0.1, -0.05) is 0 Å². The van der Waals surface area contributed by atoms with E-state index < -0.39 is 29.5 Å². The number of allylic oxidation sites excluding steroid dienone is 2. The van der Waals surface area contributed by atoms with Crippen molar-refractivity contribution in [1.29, 1.82) is 0 Å². The molecule has 0 saturated heterocycles. The summed E-state index contributed by atoms with van der Waals surface area (Å²) in [4.78, 5) is 0. The molecule has 87 valence electrons. The highest BCUT2D eigenvalue weighted by atomic mass is 19.4. The van der Waals surface area contributed by atoms with Crippen LogP contribution in [0.2, 0.25) is 0 Å². The molecule has 0 nitrogen and oxygen atoms in total. The van der Waals surface area contributed by atoms with Crippen molar-refractivity contribution in [3.8, 4) is 0 Å². The van der Waals surface area contributed by atoms with Gasteiger partial charge in [0.05, 0.1) is 11.6 Å². The van der Waals surface area contributed by atoms with Crippen LogP contribution in [0.1, 0.15) is 0 Å². The minimum absolute atomic E-state index is 0.191. The first-order valence-electron chi connectivity index (χ1n) is 3.20. The summed E-state index contributed by atoms with van der Waals surface area (Å²) in [6.45, 7) is 0. The Morgan fingerprint density at radius 3 is 1.33 bits per heavy atom. The van der Waals surface area contributed by atoms with Gasteiger partial charge < -0.3 is 0 Å². The third kappa shape index (κ3) is 1.57. The lowest BCUT2D eigenvalue weighted by molar-refractivity contribution is -0.263. The third-order valence-corrected chi connectivity index (χ3v) is 1.60. The second kappa shape index (κ2) is 2.62. The fourth-order valence-corrected chi connectivity index (χ4v) is 0.677. The van der Waals surface area contributed by atoms with E-state index in [1.165, 1.54) is 0 Å². The van der Waals surface area contributed by atoms with Gasteiger partial charge >= 0.3 is 23.9 Å². The van der Waals surface area contributed by atoms with Gasteiger partial charge in [-0.2, -0.15) is 39.5 Å². The zero-order chi connectivity index (χ0) is 12.3. The number of rotatable bonds is 1. The molecule has 0 heterocycles. The standard InChI is InChI=1S/C6F9/c7-3(8,6(13,14)15)1-2-4(9,10)5(2,11)12. The molecule has 0 amide bonds. The Balaban J connectivity index is 3.03. The summed E-state index contributed by atoms with van der Waals surface area (Å²) >= 11 is 0. The van der Waals surface area contributed by atoms with E-state index in [1.807, 2.05) is 0 Å². The molecular weight excluding hydrogens is 243 g/mol. The summed E-state index contributed by atoms with van der Waals surface area (Å²) < 4.78 is 106. The molecule has 1 radical (unpaired) electrons. The molecule has 1 rings (SSSR count). The van der Waals surface area contributed by atoms with Gasteiger partial charge in [0.15, 0.2) is 0 Å². The summed E-state index contributed by atoms with van der Waals surface area (Å²) in [7, 11) is 0. The van der Waals surface area contributed by atoms with Crippen LogP contribution in [0.25, 0.3) is 0 Å². The molecule has 1 aliphatic carbocycles. The minimum atomic E-state index is -6.23. The topological polar surface area (TPSA) is 0 Å². The van der Waals surface area contributed by atoms with E-state index in [2.05, 4.69) is 0 Å². The number of hydrogen-bond donors (Lipinski definition) is 0. The smallest absolute Gasteiger partial charge is 0.194 e. The molecular formula is C6F9. The van der Waals surface area contributed by atoms with Crippen molar-refractivity contribution in [2.75, 3.05) is 0 Å². The number of hydrogen-bond acceptors (Lipinski definition) is 0. The van der Waals surface area contributed by atoms with Gasteiger partial charge in [-0.3, -0.25) is 0 Å². The molecule has 0 aromatic heterocycles. The maximum atomic E-state index is 12.0. The van der Waals surface area contributed by atoms with Crippen molar-refractivity contribution in [2.45, 2.75) is 23.9 Å².